The van der Waals surface area contributed by atoms with Gasteiger partial charge in [-0.15, -0.1) is 0 Å². The normalized spacial score (nSPS) is 13.7. The molecule has 20 heavy (non-hydrogen) atoms. The average Bonchev–Trinajstić information content (AvgIpc) is 2.89. The molecular weight excluding hydrogens is 250 g/mol. The number of nitrogens with one attached hydrogen (secondary N) is 2. The number of aromatic amines is 1. The second-order valence-electron chi connectivity index (χ2n) is 5.06. The lowest BCUT2D eigenvalue weighted by Crippen LogP contribution is -2.18. The van der Waals surface area contributed by atoms with Crippen LogP contribution in [0.1, 0.15) is 5.56 Å². The van der Waals surface area contributed by atoms with Crippen molar-refractivity contribution in [2.75, 3.05) is 18.5 Å². The van der Waals surface area contributed by atoms with Crippen molar-refractivity contribution in [1.82, 2.24) is 9.97 Å². The molecule has 0 bridgehead atoms. The SMILES string of the molecule is Cc1ccc2nc(-c3cccc4c3OCCN4)[nH]c2c1. The van der Waals surface area contributed by atoms with Crippen LogP contribution in [-0.2, 0) is 0 Å². The van der Waals surface area contributed by atoms with Gasteiger partial charge < -0.3 is 15.0 Å². The molecule has 0 unspecified atom stereocenters. The molecule has 1 aliphatic rings. The van der Waals surface area contributed by atoms with E-state index < -0.39 is 0 Å². The summed E-state index contributed by atoms with van der Waals surface area (Å²) in [7, 11) is 0. The van der Waals surface area contributed by atoms with Gasteiger partial charge in [-0.2, -0.15) is 0 Å². The number of hydrogen-bond acceptors (Lipinski definition) is 3. The Bertz CT molecular complexity index is 792. The van der Waals surface area contributed by atoms with E-state index >= 15 is 0 Å². The molecule has 2 aromatic carbocycles. The van der Waals surface area contributed by atoms with Gasteiger partial charge in [0.1, 0.15) is 12.4 Å². The van der Waals surface area contributed by atoms with E-state index in [9.17, 15) is 0 Å². The fourth-order valence-corrected chi connectivity index (χ4v) is 2.61. The quantitative estimate of drug-likeness (QED) is 0.709. The summed E-state index contributed by atoms with van der Waals surface area (Å²) < 4.78 is 5.81. The van der Waals surface area contributed by atoms with Crippen LogP contribution in [0, 0.1) is 6.92 Å². The maximum Gasteiger partial charge on any atom is 0.153 e. The molecule has 0 spiro atoms. The molecule has 0 saturated heterocycles. The van der Waals surface area contributed by atoms with Crippen LogP contribution in [0.15, 0.2) is 36.4 Å². The highest BCUT2D eigenvalue weighted by atomic mass is 16.5. The van der Waals surface area contributed by atoms with Crippen LogP contribution in [0.5, 0.6) is 5.75 Å². The highest BCUT2D eigenvalue weighted by Gasteiger charge is 2.17. The van der Waals surface area contributed by atoms with Gasteiger partial charge in [-0.1, -0.05) is 12.1 Å². The average molecular weight is 265 g/mol. The number of aryl methyl sites for hydroxylation is 1. The zero-order chi connectivity index (χ0) is 13.5. The van der Waals surface area contributed by atoms with Gasteiger partial charge in [-0.05, 0) is 36.8 Å². The van der Waals surface area contributed by atoms with Gasteiger partial charge in [0.15, 0.2) is 5.75 Å². The highest BCUT2D eigenvalue weighted by Crippen LogP contribution is 2.37. The first-order valence-corrected chi connectivity index (χ1v) is 6.78. The molecule has 4 heteroatoms. The molecule has 0 saturated carbocycles. The first-order chi connectivity index (χ1) is 9.81. The van der Waals surface area contributed by atoms with E-state index in [0.29, 0.717) is 6.61 Å². The second kappa shape index (κ2) is 4.27. The summed E-state index contributed by atoms with van der Waals surface area (Å²) in [4.78, 5) is 8.05. The van der Waals surface area contributed by atoms with Crippen molar-refractivity contribution in [1.29, 1.82) is 0 Å². The van der Waals surface area contributed by atoms with E-state index in [1.54, 1.807) is 0 Å². The monoisotopic (exact) mass is 265 g/mol. The maximum atomic E-state index is 5.81. The third kappa shape index (κ3) is 1.72. The Hall–Kier alpha value is -2.49. The molecule has 0 amide bonds. The van der Waals surface area contributed by atoms with Gasteiger partial charge in [0.25, 0.3) is 0 Å². The largest absolute Gasteiger partial charge is 0.489 e. The Morgan fingerprint density at radius 3 is 3.10 bits per heavy atom. The number of benzene rings is 2. The Kier molecular flexibility index (Phi) is 2.42. The van der Waals surface area contributed by atoms with Gasteiger partial charge in [0.2, 0.25) is 0 Å². The first-order valence-electron chi connectivity index (χ1n) is 6.78. The Labute approximate surface area is 116 Å². The van der Waals surface area contributed by atoms with E-state index in [1.807, 2.05) is 24.3 Å². The lowest BCUT2D eigenvalue weighted by molar-refractivity contribution is 0.324. The van der Waals surface area contributed by atoms with Crippen molar-refractivity contribution < 1.29 is 4.74 Å². The fourth-order valence-electron chi connectivity index (χ4n) is 2.61. The second-order valence-corrected chi connectivity index (χ2v) is 5.06. The number of hydrogen-bond donors (Lipinski definition) is 2. The number of rotatable bonds is 1. The summed E-state index contributed by atoms with van der Waals surface area (Å²) >= 11 is 0. The van der Waals surface area contributed by atoms with Gasteiger partial charge in [0.05, 0.1) is 22.3 Å². The van der Waals surface area contributed by atoms with Crippen molar-refractivity contribution >= 4 is 16.7 Å². The molecule has 3 aromatic rings. The minimum absolute atomic E-state index is 0.684. The first kappa shape index (κ1) is 11.3. The van der Waals surface area contributed by atoms with Crippen LogP contribution in [-0.4, -0.2) is 23.1 Å². The van der Waals surface area contributed by atoms with Crippen molar-refractivity contribution in [2.45, 2.75) is 6.92 Å². The summed E-state index contributed by atoms with van der Waals surface area (Å²) in [5.74, 6) is 1.74. The molecule has 0 fully saturated rings. The number of ether oxygens (including phenoxy) is 1. The van der Waals surface area contributed by atoms with Gasteiger partial charge in [-0.25, -0.2) is 4.98 Å². The number of fused-ring (bicyclic) bond motifs is 2. The van der Waals surface area contributed by atoms with Crippen LogP contribution < -0.4 is 10.1 Å². The molecule has 0 radical (unpaired) electrons. The predicted octanol–water partition coefficient (Wildman–Crippen LogP) is 3.34. The summed E-state index contributed by atoms with van der Waals surface area (Å²) in [6, 6.07) is 12.3. The minimum atomic E-state index is 0.684. The van der Waals surface area contributed by atoms with Crippen molar-refractivity contribution in [3.05, 3.63) is 42.0 Å². The standard InChI is InChI=1S/C16H15N3O/c1-10-5-6-12-14(9-10)19-16(18-12)11-3-2-4-13-15(11)20-8-7-17-13/h2-6,9,17H,7-8H2,1H3,(H,18,19). The van der Waals surface area contributed by atoms with Crippen molar-refractivity contribution in [2.24, 2.45) is 0 Å². The third-order valence-corrected chi connectivity index (χ3v) is 3.57. The molecule has 1 aromatic heterocycles. The highest BCUT2D eigenvalue weighted by molar-refractivity contribution is 5.83. The van der Waals surface area contributed by atoms with E-state index in [-0.39, 0.29) is 0 Å². The maximum absolute atomic E-state index is 5.81. The number of H-pyrrole nitrogens is 1. The number of para-hydroxylation sites is 1. The molecular formula is C16H15N3O. The number of imidazole rings is 1. The lowest BCUT2D eigenvalue weighted by Gasteiger charge is -2.20. The number of anilines is 1. The number of nitrogens with zero attached hydrogens (tertiary/aromatic N) is 1. The zero-order valence-electron chi connectivity index (χ0n) is 11.2. The number of aromatic nitrogens is 2. The third-order valence-electron chi connectivity index (χ3n) is 3.57. The predicted molar refractivity (Wildman–Crippen MR) is 80.3 cm³/mol. The fraction of sp³-hybridized carbons (Fsp3) is 0.188. The van der Waals surface area contributed by atoms with Crippen LogP contribution in [0.25, 0.3) is 22.4 Å². The summed E-state index contributed by atoms with van der Waals surface area (Å²) in [6.45, 7) is 3.61. The zero-order valence-corrected chi connectivity index (χ0v) is 11.2. The van der Waals surface area contributed by atoms with Crippen LogP contribution in [0.4, 0.5) is 5.69 Å². The molecule has 0 atom stereocenters. The van der Waals surface area contributed by atoms with Crippen LogP contribution in [0.3, 0.4) is 0 Å². The van der Waals surface area contributed by atoms with Gasteiger partial charge >= 0.3 is 0 Å². The lowest BCUT2D eigenvalue weighted by atomic mass is 10.1. The minimum Gasteiger partial charge on any atom is -0.489 e. The molecule has 4 nitrogen and oxygen atoms in total. The van der Waals surface area contributed by atoms with E-state index in [2.05, 4.69) is 34.3 Å². The van der Waals surface area contributed by atoms with E-state index in [4.69, 9.17) is 4.74 Å². The molecule has 2 N–H and O–H groups in total. The molecule has 0 aliphatic carbocycles. The Morgan fingerprint density at radius 2 is 2.15 bits per heavy atom. The molecule has 100 valence electrons. The van der Waals surface area contributed by atoms with E-state index in [1.165, 1.54) is 5.56 Å². The van der Waals surface area contributed by atoms with Gasteiger partial charge in [-0.3, -0.25) is 0 Å². The molecule has 4 rings (SSSR count). The van der Waals surface area contributed by atoms with Crippen LogP contribution >= 0.6 is 0 Å². The summed E-state index contributed by atoms with van der Waals surface area (Å²) in [5, 5.41) is 3.35. The van der Waals surface area contributed by atoms with Crippen LogP contribution in [0.2, 0.25) is 0 Å². The summed E-state index contributed by atoms with van der Waals surface area (Å²) in [6.07, 6.45) is 0. The van der Waals surface area contributed by atoms with Crippen molar-refractivity contribution in [3.8, 4) is 17.1 Å². The molecule has 1 aliphatic heterocycles. The molecule has 2 heterocycles. The Balaban J connectivity index is 1.90. The topological polar surface area (TPSA) is 49.9 Å². The van der Waals surface area contributed by atoms with E-state index in [0.717, 1.165) is 40.4 Å². The summed E-state index contributed by atoms with van der Waals surface area (Å²) in [5.41, 5.74) is 5.29. The Morgan fingerprint density at radius 1 is 1.20 bits per heavy atom. The van der Waals surface area contributed by atoms with Crippen molar-refractivity contribution in [3.63, 3.8) is 0 Å². The smallest absolute Gasteiger partial charge is 0.153 e. The van der Waals surface area contributed by atoms with Gasteiger partial charge in [0, 0.05) is 6.54 Å².